The van der Waals surface area contributed by atoms with E-state index in [0.717, 1.165) is 47.2 Å². The van der Waals surface area contributed by atoms with Gasteiger partial charge in [0.15, 0.2) is 16.1 Å². The number of thiazole rings is 1. The Hall–Kier alpha value is -2.20. The molecule has 166 valence electrons. The smallest absolute Gasteiger partial charge is 0.236 e. The quantitative estimate of drug-likeness (QED) is 0.264. The van der Waals surface area contributed by atoms with E-state index >= 15 is 0 Å². The Balaban J connectivity index is 1.40. The monoisotopic (exact) mass is 503 g/mol. The van der Waals surface area contributed by atoms with Gasteiger partial charge in [-0.25, -0.2) is 4.98 Å². The molecule has 1 aromatic carbocycles. The van der Waals surface area contributed by atoms with Crippen LogP contribution < -0.4 is 5.32 Å². The van der Waals surface area contributed by atoms with Crippen LogP contribution in [0.5, 0.6) is 0 Å². The predicted molar refractivity (Wildman–Crippen MR) is 135 cm³/mol. The summed E-state index contributed by atoms with van der Waals surface area (Å²) in [5.41, 5.74) is 2.85. The Bertz CT molecular complexity index is 1200. The zero-order valence-electron chi connectivity index (χ0n) is 17.7. The fraction of sp³-hybridized carbons (Fsp3) is 0.273. The van der Waals surface area contributed by atoms with Gasteiger partial charge in [-0.05, 0) is 31.0 Å². The third kappa shape index (κ3) is 5.40. The van der Waals surface area contributed by atoms with Crippen molar-refractivity contribution in [1.82, 2.24) is 19.7 Å². The van der Waals surface area contributed by atoms with Crippen LogP contribution in [0.1, 0.15) is 25.1 Å². The SMILES string of the molecule is CCCn1c(SCC(=O)Nc2nc(-c3ccc(Cl)cc3)cs2)nnc1-c1csc(CC)c1. The van der Waals surface area contributed by atoms with Crippen molar-refractivity contribution >= 4 is 57.1 Å². The van der Waals surface area contributed by atoms with E-state index < -0.39 is 0 Å². The molecule has 0 saturated heterocycles. The van der Waals surface area contributed by atoms with E-state index in [2.05, 4.69) is 50.4 Å². The molecule has 0 aliphatic rings. The average molecular weight is 504 g/mol. The number of thioether (sulfide) groups is 1. The Morgan fingerprint density at radius 2 is 1.94 bits per heavy atom. The number of hydrogen-bond donors (Lipinski definition) is 1. The highest BCUT2D eigenvalue weighted by Gasteiger charge is 2.17. The zero-order valence-corrected chi connectivity index (χ0v) is 20.9. The van der Waals surface area contributed by atoms with Crippen molar-refractivity contribution in [2.24, 2.45) is 0 Å². The van der Waals surface area contributed by atoms with Gasteiger partial charge in [-0.3, -0.25) is 4.79 Å². The Morgan fingerprint density at radius 1 is 1.12 bits per heavy atom. The van der Waals surface area contributed by atoms with Crippen LogP contribution in [0.2, 0.25) is 5.02 Å². The topological polar surface area (TPSA) is 72.7 Å². The summed E-state index contributed by atoms with van der Waals surface area (Å²) < 4.78 is 2.10. The molecule has 0 bridgehead atoms. The first kappa shape index (κ1) is 23.0. The number of benzene rings is 1. The second-order valence-corrected chi connectivity index (χ2v) is 10.2. The second-order valence-electron chi connectivity index (χ2n) is 6.99. The first-order valence-corrected chi connectivity index (χ1v) is 13.3. The van der Waals surface area contributed by atoms with E-state index in [1.807, 2.05) is 29.6 Å². The Kier molecular flexibility index (Phi) is 7.62. The molecule has 0 spiro atoms. The van der Waals surface area contributed by atoms with Crippen molar-refractivity contribution in [1.29, 1.82) is 0 Å². The lowest BCUT2D eigenvalue weighted by atomic mass is 10.2. The summed E-state index contributed by atoms with van der Waals surface area (Å²) in [5.74, 6) is 0.975. The first-order chi connectivity index (χ1) is 15.6. The minimum Gasteiger partial charge on any atom is -0.302 e. The summed E-state index contributed by atoms with van der Waals surface area (Å²) in [7, 11) is 0. The number of rotatable bonds is 9. The first-order valence-electron chi connectivity index (χ1n) is 10.2. The van der Waals surface area contributed by atoms with E-state index in [9.17, 15) is 4.79 Å². The van der Waals surface area contributed by atoms with Crippen LogP contribution in [0, 0.1) is 0 Å². The number of nitrogens with zero attached hydrogens (tertiary/aromatic N) is 4. The predicted octanol–water partition coefficient (Wildman–Crippen LogP) is 6.49. The van der Waals surface area contributed by atoms with Crippen molar-refractivity contribution in [2.75, 3.05) is 11.1 Å². The molecule has 0 fully saturated rings. The molecule has 0 aliphatic heterocycles. The molecular weight excluding hydrogens is 482 g/mol. The summed E-state index contributed by atoms with van der Waals surface area (Å²) >= 11 is 10.5. The van der Waals surface area contributed by atoms with E-state index in [4.69, 9.17) is 11.6 Å². The van der Waals surface area contributed by atoms with Crippen LogP contribution in [-0.4, -0.2) is 31.4 Å². The van der Waals surface area contributed by atoms with Crippen LogP contribution in [0.15, 0.2) is 46.2 Å². The standard InChI is InChI=1S/C22H22ClN5OS3/c1-3-9-28-20(15-10-17(4-2)30-11-15)26-27-22(28)32-13-19(29)25-21-24-18(12-31-21)14-5-7-16(23)8-6-14/h5-8,10-12H,3-4,9,13H2,1-2H3,(H,24,25,29). The van der Waals surface area contributed by atoms with Crippen molar-refractivity contribution in [3.8, 4) is 22.6 Å². The van der Waals surface area contributed by atoms with Gasteiger partial charge >= 0.3 is 0 Å². The molecule has 1 N–H and O–H groups in total. The van der Waals surface area contributed by atoms with Gasteiger partial charge in [-0.1, -0.05) is 49.3 Å². The maximum absolute atomic E-state index is 12.5. The lowest BCUT2D eigenvalue weighted by Gasteiger charge is -2.07. The van der Waals surface area contributed by atoms with E-state index in [0.29, 0.717) is 10.2 Å². The molecule has 4 aromatic rings. The molecule has 0 saturated carbocycles. The molecule has 0 radical (unpaired) electrons. The molecule has 4 rings (SSSR count). The van der Waals surface area contributed by atoms with Gasteiger partial charge in [0.05, 0.1) is 11.4 Å². The summed E-state index contributed by atoms with van der Waals surface area (Å²) in [6.45, 7) is 5.07. The fourth-order valence-electron chi connectivity index (χ4n) is 3.09. The molecule has 1 amide bonds. The number of aromatic nitrogens is 4. The van der Waals surface area contributed by atoms with Crippen molar-refractivity contribution < 1.29 is 4.79 Å². The van der Waals surface area contributed by atoms with Crippen molar-refractivity contribution in [3.63, 3.8) is 0 Å². The molecule has 0 unspecified atom stereocenters. The number of nitrogens with one attached hydrogen (secondary N) is 1. The third-order valence-electron chi connectivity index (χ3n) is 4.65. The van der Waals surface area contributed by atoms with Gasteiger partial charge in [-0.2, -0.15) is 0 Å². The minimum absolute atomic E-state index is 0.122. The average Bonchev–Trinajstić information content (AvgIpc) is 3.53. The lowest BCUT2D eigenvalue weighted by Crippen LogP contribution is -2.14. The normalized spacial score (nSPS) is 11.1. The van der Waals surface area contributed by atoms with Crippen molar-refractivity contribution in [2.45, 2.75) is 38.4 Å². The summed E-state index contributed by atoms with van der Waals surface area (Å²) in [4.78, 5) is 18.4. The molecule has 3 aromatic heterocycles. The fourth-order valence-corrected chi connectivity index (χ4v) is 5.53. The molecule has 10 heteroatoms. The maximum atomic E-state index is 12.5. The number of carbonyl (C=O) groups is 1. The van der Waals surface area contributed by atoms with E-state index in [1.165, 1.54) is 28.0 Å². The highest BCUT2D eigenvalue weighted by molar-refractivity contribution is 7.99. The number of aryl methyl sites for hydroxylation is 1. The minimum atomic E-state index is -0.122. The number of hydrogen-bond acceptors (Lipinski definition) is 7. The van der Waals surface area contributed by atoms with Crippen LogP contribution >= 0.6 is 46.0 Å². The van der Waals surface area contributed by atoms with Gasteiger partial charge in [0, 0.05) is 38.3 Å². The molecule has 0 atom stereocenters. The summed E-state index contributed by atoms with van der Waals surface area (Å²) in [6.07, 6.45) is 1.97. The molecular formula is C22H22ClN5OS3. The number of amides is 1. The highest BCUT2D eigenvalue weighted by Crippen LogP contribution is 2.29. The highest BCUT2D eigenvalue weighted by atomic mass is 35.5. The second kappa shape index (κ2) is 10.6. The van der Waals surface area contributed by atoms with E-state index in [-0.39, 0.29) is 11.7 Å². The maximum Gasteiger partial charge on any atom is 0.236 e. The number of carbonyl (C=O) groups excluding carboxylic acids is 1. The molecule has 3 heterocycles. The lowest BCUT2D eigenvalue weighted by molar-refractivity contribution is -0.113. The zero-order chi connectivity index (χ0) is 22.5. The van der Waals surface area contributed by atoms with Crippen LogP contribution in [-0.2, 0) is 17.8 Å². The van der Waals surface area contributed by atoms with Gasteiger partial charge in [0.25, 0.3) is 0 Å². The van der Waals surface area contributed by atoms with Gasteiger partial charge in [0.2, 0.25) is 5.91 Å². The molecule has 6 nitrogen and oxygen atoms in total. The van der Waals surface area contributed by atoms with E-state index in [1.54, 1.807) is 11.3 Å². The molecule has 0 aliphatic carbocycles. The number of anilines is 1. The van der Waals surface area contributed by atoms with Crippen LogP contribution in [0.25, 0.3) is 22.6 Å². The number of halogens is 1. The largest absolute Gasteiger partial charge is 0.302 e. The van der Waals surface area contributed by atoms with Gasteiger partial charge in [0.1, 0.15) is 0 Å². The van der Waals surface area contributed by atoms with Crippen LogP contribution in [0.3, 0.4) is 0 Å². The summed E-state index contributed by atoms with van der Waals surface area (Å²) in [5, 5.41) is 17.7. The van der Waals surface area contributed by atoms with Gasteiger partial charge < -0.3 is 9.88 Å². The molecule has 32 heavy (non-hydrogen) atoms. The van der Waals surface area contributed by atoms with Crippen LogP contribution in [0.4, 0.5) is 5.13 Å². The Labute approximate surface area is 204 Å². The Morgan fingerprint density at radius 3 is 2.66 bits per heavy atom. The summed E-state index contributed by atoms with van der Waals surface area (Å²) in [6, 6.07) is 9.64. The number of thiophene rings is 1. The third-order valence-corrected chi connectivity index (χ3v) is 7.70. The van der Waals surface area contributed by atoms with Crippen molar-refractivity contribution in [3.05, 3.63) is 51.0 Å². The van der Waals surface area contributed by atoms with Gasteiger partial charge in [-0.15, -0.1) is 32.9 Å².